The van der Waals surface area contributed by atoms with Gasteiger partial charge >= 0.3 is 6.18 Å². The van der Waals surface area contributed by atoms with Gasteiger partial charge in [-0.15, -0.1) is 0 Å². The molecule has 0 aliphatic heterocycles. The fourth-order valence-electron chi connectivity index (χ4n) is 3.22. The monoisotopic (exact) mass is 395 g/mol. The number of quaternary nitrogens is 1. The quantitative estimate of drug-likeness (QED) is 0.701. The SMILES string of the molecule is Cc1cc(O)c(C[NH+](C)CC(=O)Nc2ccccc2C(F)(F)F)cc1C(C)C. The number of alkyl halides is 3. The van der Waals surface area contributed by atoms with Gasteiger partial charge < -0.3 is 15.3 Å². The molecule has 0 aromatic heterocycles. The Morgan fingerprint density at radius 2 is 1.86 bits per heavy atom. The van der Waals surface area contributed by atoms with Crippen molar-refractivity contribution in [3.63, 3.8) is 0 Å². The summed E-state index contributed by atoms with van der Waals surface area (Å²) in [7, 11) is 1.75. The van der Waals surface area contributed by atoms with Crippen LogP contribution in [0.15, 0.2) is 36.4 Å². The Morgan fingerprint density at radius 3 is 2.46 bits per heavy atom. The number of nitrogens with one attached hydrogen (secondary N) is 2. The molecular formula is C21H26F3N2O2+. The van der Waals surface area contributed by atoms with Crippen molar-refractivity contribution in [1.82, 2.24) is 0 Å². The molecule has 1 atom stereocenters. The molecule has 0 heterocycles. The van der Waals surface area contributed by atoms with E-state index in [1.165, 1.54) is 18.2 Å². The molecule has 0 saturated carbocycles. The molecule has 4 nitrogen and oxygen atoms in total. The van der Waals surface area contributed by atoms with Gasteiger partial charge in [0.1, 0.15) is 12.3 Å². The van der Waals surface area contributed by atoms with Crippen LogP contribution in [0.3, 0.4) is 0 Å². The third-order valence-electron chi connectivity index (χ3n) is 4.55. The van der Waals surface area contributed by atoms with E-state index in [4.69, 9.17) is 0 Å². The van der Waals surface area contributed by atoms with Gasteiger partial charge in [-0.2, -0.15) is 13.2 Å². The first-order valence-electron chi connectivity index (χ1n) is 9.08. The van der Waals surface area contributed by atoms with Crippen molar-refractivity contribution < 1.29 is 28.0 Å². The first kappa shape index (κ1) is 21.8. The number of hydrogen-bond donors (Lipinski definition) is 3. The van der Waals surface area contributed by atoms with Gasteiger partial charge in [-0.25, -0.2) is 0 Å². The zero-order valence-corrected chi connectivity index (χ0v) is 16.4. The predicted octanol–water partition coefficient (Wildman–Crippen LogP) is 3.50. The molecule has 0 bridgehead atoms. The molecule has 0 saturated heterocycles. The van der Waals surface area contributed by atoms with Gasteiger partial charge in [0.15, 0.2) is 6.54 Å². The van der Waals surface area contributed by atoms with Gasteiger partial charge in [0.25, 0.3) is 5.91 Å². The largest absolute Gasteiger partial charge is 0.507 e. The molecule has 0 radical (unpaired) electrons. The molecular weight excluding hydrogens is 369 g/mol. The zero-order valence-electron chi connectivity index (χ0n) is 16.4. The number of carbonyl (C=O) groups excluding carboxylic acids is 1. The maximum absolute atomic E-state index is 13.0. The number of carbonyl (C=O) groups is 1. The number of aromatic hydroxyl groups is 1. The number of benzene rings is 2. The van der Waals surface area contributed by atoms with Crippen molar-refractivity contribution >= 4 is 11.6 Å². The summed E-state index contributed by atoms with van der Waals surface area (Å²) >= 11 is 0. The summed E-state index contributed by atoms with van der Waals surface area (Å²) in [5, 5.41) is 12.5. The number of aryl methyl sites for hydroxylation is 1. The lowest BCUT2D eigenvalue weighted by molar-refractivity contribution is -0.885. The topological polar surface area (TPSA) is 53.8 Å². The molecule has 3 N–H and O–H groups in total. The molecule has 28 heavy (non-hydrogen) atoms. The van der Waals surface area contributed by atoms with Crippen molar-refractivity contribution in [1.29, 1.82) is 0 Å². The lowest BCUT2D eigenvalue weighted by Gasteiger charge is -2.18. The number of anilines is 1. The molecule has 0 spiro atoms. The van der Waals surface area contributed by atoms with Gasteiger partial charge in [-0.05, 0) is 48.2 Å². The molecule has 0 aliphatic rings. The van der Waals surface area contributed by atoms with Crippen LogP contribution in [0.1, 0.15) is 42.0 Å². The third-order valence-corrected chi connectivity index (χ3v) is 4.55. The minimum absolute atomic E-state index is 0.0312. The highest BCUT2D eigenvalue weighted by Gasteiger charge is 2.33. The Hall–Kier alpha value is -2.54. The summed E-state index contributed by atoms with van der Waals surface area (Å²) < 4.78 is 39.1. The van der Waals surface area contributed by atoms with Gasteiger partial charge in [0.2, 0.25) is 0 Å². The molecule has 2 rings (SSSR count). The molecule has 152 valence electrons. The lowest BCUT2D eigenvalue weighted by atomic mass is 9.95. The van der Waals surface area contributed by atoms with Gasteiger partial charge in [-0.1, -0.05) is 26.0 Å². The van der Waals surface area contributed by atoms with E-state index < -0.39 is 17.6 Å². The lowest BCUT2D eigenvalue weighted by Crippen LogP contribution is -3.08. The zero-order chi connectivity index (χ0) is 21.1. The number of hydrogen-bond acceptors (Lipinski definition) is 2. The number of rotatable bonds is 6. The molecule has 2 aromatic carbocycles. The predicted molar refractivity (Wildman–Crippen MR) is 102 cm³/mol. The maximum Gasteiger partial charge on any atom is 0.418 e. The van der Waals surface area contributed by atoms with Crippen LogP contribution in [0.4, 0.5) is 18.9 Å². The van der Waals surface area contributed by atoms with Crippen molar-refractivity contribution in [3.8, 4) is 5.75 Å². The number of phenols is 1. The van der Waals surface area contributed by atoms with E-state index in [1.54, 1.807) is 13.1 Å². The minimum Gasteiger partial charge on any atom is -0.507 e. The summed E-state index contributed by atoms with van der Waals surface area (Å²) in [4.78, 5) is 13.0. The summed E-state index contributed by atoms with van der Waals surface area (Å²) in [5.74, 6) is -0.0733. The molecule has 0 fully saturated rings. The highest BCUT2D eigenvalue weighted by molar-refractivity contribution is 5.92. The number of amides is 1. The standard InChI is InChI=1S/C21H25F3N2O2/c1-13(2)16-10-15(19(27)9-14(16)3)11-26(4)12-20(28)25-18-8-6-5-7-17(18)21(22,23)24/h5-10,13,27H,11-12H2,1-4H3,(H,25,28)/p+1. The van der Waals surface area contributed by atoms with Crippen molar-refractivity contribution in [3.05, 3.63) is 58.7 Å². The van der Waals surface area contributed by atoms with E-state index in [9.17, 15) is 23.1 Å². The highest BCUT2D eigenvalue weighted by Crippen LogP contribution is 2.34. The average Bonchev–Trinajstić information content (AvgIpc) is 2.56. The summed E-state index contributed by atoms with van der Waals surface area (Å²) in [6.45, 7) is 6.40. The first-order valence-corrected chi connectivity index (χ1v) is 9.08. The van der Waals surface area contributed by atoms with E-state index in [0.29, 0.717) is 18.0 Å². The Bertz CT molecular complexity index is 848. The van der Waals surface area contributed by atoms with E-state index in [2.05, 4.69) is 19.2 Å². The maximum atomic E-state index is 13.0. The Balaban J connectivity index is 2.08. The minimum atomic E-state index is -4.54. The normalized spacial score (nSPS) is 12.9. The number of phenolic OH excluding ortho intramolecular Hbond substituents is 1. The van der Waals surface area contributed by atoms with Gasteiger partial charge in [0.05, 0.1) is 18.3 Å². The fraction of sp³-hybridized carbons (Fsp3) is 0.381. The van der Waals surface area contributed by atoms with Crippen LogP contribution in [-0.2, 0) is 17.5 Å². The second-order valence-corrected chi connectivity index (χ2v) is 7.39. The Labute approximate surface area is 163 Å². The van der Waals surface area contributed by atoms with Crippen LogP contribution in [0.2, 0.25) is 0 Å². The second kappa shape index (κ2) is 8.65. The summed E-state index contributed by atoms with van der Waals surface area (Å²) in [5.41, 5.74) is 1.68. The van der Waals surface area contributed by atoms with Gasteiger partial charge in [0, 0.05) is 5.56 Å². The van der Waals surface area contributed by atoms with Crippen molar-refractivity contribution in [2.75, 3.05) is 18.9 Å². The van der Waals surface area contributed by atoms with Crippen LogP contribution in [-0.4, -0.2) is 24.6 Å². The molecule has 2 aromatic rings. The molecule has 0 aliphatic carbocycles. The van der Waals surface area contributed by atoms with E-state index in [1.807, 2.05) is 13.0 Å². The van der Waals surface area contributed by atoms with Crippen molar-refractivity contribution in [2.24, 2.45) is 0 Å². The van der Waals surface area contributed by atoms with E-state index >= 15 is 0 Å². The second-order valence-electron chi connectivity index (χ2n) is 7.39. The van der Waals surface area contributed by atoms with Crippen LogP contribution in [0.25, 0.3) is 0 Å². The van der Waals surface area contributed by atoms with Gasteiger partial charge in [-0.3, -0.25) is 4.79 Å². The molecule has 1 unspecified atom stereocenters. The third kappa shape index (κ3) is 5.48. The highest BCUT2D eigenvalue weighted by atomic mass is 19.4. The average molecular weight is 395 g/mol. The smallest absolute Gasteiger partial charge is 0.418 e. The summed E-state index contributed by atoms with van der Waals surface area (Å²) in [6, 6.07) is 8.52. The first-order chi connectivity index (χ1) is 13.0. The van der Waals surface area contributed by atoms with Crippen LogP contribution >= 0.6 is 0 Å². The van der Waals surface area contributed by atoms with Crippen LogP contribution in [0, 0.1) is 6.92 Å². The van der Waals surface area contributed by atoms with E-state index in [0.717, 1.165) is 22.1 Å². The Kier molecular flexibility index (Phi) is 6.72. The van der Waals surface area contributed by atoms with Crippen LogP contribution < -0.4 is 10.2 Å². The fourth-order valence-corrected chi connectivity index (χ4v) is 3.22. The van der Waals surface area contributed by atoms with E-state index in [-0.39, 0.29) is 18.0 Å². The number of para-hydroxylation sites is 1. The summed E-state index contributed by atoms with van der Waals surface area (Å²) in [6.07, 6.45) is -4.54. The number of halogens is 3. The van der Waals surface area contributed by atoms with Crippen LogP contribution in [0.5, 0.6) is 5.75 Å². The molecule has 7 heteroatoms. The van der Waals surface area contributed by atoms with Crippen molar-refractivity contribution in [2.45, 2.75) is 39.4 Å². The Morgan fingerprint density at radius 1 is 1.21 bits per heavy atom. The number of likely N-dealkylation sites (N-methyl/N-ethyl adjacent to an activating group) is 1. The molecule has 1 amide bonds.